The molecule has 5 heteroatoms. The Morgan fingerprint density at radius 2 is 1.86 bits per heavy atom. The molecule has 0 amide bonds. The molecule has 0 radical (unpaired) electrons. The Labute approximate surface area is 166 Å². The Bertz CT molecular complexity index is 874. The highest BCUT2D eigenvalue weighted by molar-refractivity contribution is 5.69. The van der Waals surface area contributed by atoms with Crippen LogP contribution in [0.4, 0.5) is 11.4 Å². The zero-order valence-corrected chi connectivity index (χ0v) is 16.3. The minimum atomic E-state index is -0.114. The first-order valence-corrected chi connectivity index (χ1v) is 9.82. The van der Waals surface area contributed by atoms with E-state index in [2.05, 4.69) is 40.7 Å². The summed E-state index contributed by atoms with van der Waals surface area (Å²) in [5.74, 6) is -0.114. The number of anilines is 2. The highest BCUT2D eigenvalue weighted by atomic mass is 16.5. The maximum Gasteiger partial charge on any atom is 0.305 e. The standard InChI is InChI=1S/C23H27N3O2/c1-2-28-23(27)14-7-6-12-21-15-16-26(25-21)18-19-9-8-13-22(17-19)24-20-10-4-3-5-11-20/h3-5,8-11,13,15-17,24H,2,6-7,12,14,18H2,1H3. The number of ether oxygens (including phenoxy) is 1. The van der Waals surface area contributed by atoms with Gasteiger partial charge in [0.05, 0.1) is 18.8 Å². The number of para-hydroxylation sites is 1. The number of esters is 1. The van der Waals surface area contributed by atoms with Crippen LogP contribution in [0.25, 0.3) is 0 Å². The zero-order chi connectivity index (χ0) is 19.6. The van der Waals surface area contributed by atoms with Crippen molar-refractivity contribution in [1.29, 1.82) is 0 Å². The van der Waals surface area contributed by atoms with E-state index in [1.165, 1.54) is 5.56 Å². The molecule has 1 N–H and O–H groups in total. The fourth-order valence-corrected chi connectivity index (χ4v) is 3.06. The quantitative estimate of drug-likeness (QED) is 0.401. The van der Waals surface area contributed by atoms with Crippen LogP contribution in [0.3, 0.4) is 0 Å². The van der Waals surface area contributed by atoms with Crippen molar-refractivity contribution in [3.63, 3.8) is 0 Å². The van der Waals surface area contributed by atoms with Crippen LogP contribution in [0.1, 0.15) is 37.4 Å². The van der Waals surface area contributed by atoms with Crippen LogP contribution in [-0.2, 0) is 22.5 Å². The summed E-state index contributed by atoms with van der Waals surface area (Å²) in [7, 11) is 0. The second kappa shape index (κ2) is 10.3. The first kappa shape index (κ1) is 19.7. The van der Waals surface area contributed by atoms with Crippen LogP contribution in [0, 0.1) is 0 Å². The summed E-state index contributed by atoms with van der Waals surface area (Å²) in [6.07, 6.45) is 5.14. The molecule has 2 aromatic carbocycles. The molecule has 1 heterocycles. The Balaban J connectivity index is 1.49. The van der Waals surface area contributed by atoms with Crippen LogP contribution < -0.4 is 5.32 Å². The topological polar surface area (TPSA) is 56.1 Å². The molecule has 0 aliphatic heterocycles. The van der Waals surface area contributed by atoms with Gasteiger partial charge in [0.1, 0.15) is 0 Å². The van der Waals surface area contributed by atoms with Crippen molar-refractivity contribution in [2.75, 3.05) is 11.9 Å². The lowest BCUT2D eigenvalue weighted by atomic mass is 10.1. The lowest BCUT2D eigenvalue weighted by Gasteiger charge is -2.08. The summed E-state index contributed by atoms with van der Waals surface area (Å²) in [5, 5.41) is 8.07. The highest BCUT2D eigenvalue weighted by Crippen LogP contribution is 2.18. The first-order chi connectivity index (χ1) is 13.7. The Kier molecular flexibility index (Phi) is 7.24. The molecule has 3 rings (SSSR count). The highest BCUT2D eigenvalue weighted by Gasteiger charge is 2.04. The number of carbonyl (C=O) groups excluding carboxylic acids is 1. The largest absolute Gasteiger partial charge is 0.466 e. The monoisotopic (exact) mass is 377 g/mol. The van der Waals surface area contributed by atoms with Crippen molar-refractivity contribution in [3.8, 4) is 0 Å². The lowest BCUT2D eigenvalue weighted by molar-refractivity contribution is -0.143. The molecule has 0 unspecified atom stereocenters. The second-order valence-electron chi connectivity index (χ2n) is 6.71. The summed E-state index contributed by atoms with van der Waals surface area (Å²) in [4.78, 5) is 11.4. The van der Waals surface area contributed by atoms with Gasteiger partial charge in [-0.15, -0.1) is 0 Å². The molecule has 28 heavy (non-hydrogen) atoms. The van der Waals surface area contributed by atoms with Gasteiger partial charge in [0.15, 0.2) is 0 Å². The zero-order valence-electron chi connectivity index (χ0n) is 16.3. The van der Waals surface area contributed by atoms with Crippen molar-refractivity contribution in [2.24, 2.45) is 0 Å². The van der Waals surface area contributed by atoms with E-state index in [1.54, 1.807) is 0 Å². The molecule has 0 saturated carbocycles. The number of benzene rings is 2. The average Bonchev–Trinajstić information content (AvgIpc) is 3.14. The minimum absolute atomic E-state index is 0.114. The van der Waals surface area contributed by atoms with Gasteiger partial charge in [-0.1, -0.05) is 30.3 Å². The Morgan fingerprint density at radius 1 is 1.04 bits per heavy atom. The molecule has 0 bridgehead atoms. The molecule has 5 nitrogen and oxygen atoms in total. The summed E-state index contributed by atoms with van der Waals surface area (Å²) < 4.78 is 6.91. The molecule has 3 aromatic rings. The maximum absolute atomic E-state index is 11.4. The van der Waals surface area contributed by atoms with Gasteiger partial charge in [0.2, 0.25) is 0 Å². The van der Waals surface area contributed by atoms with Crippen molar-refractivity contribution < 1.29 is 9.53 Å². The van der Waals surface area contributed by atoms with E-state index < -0.39 is 0 Å². The van der Waals surface area contributed by atoms with Gasteiger partial charge in [0, 0.05) is 24.0 Å². The van der Waals surface area contributed by atoms with Gasteiger partial charge in [0.25, 0.3) is 0 Å². The molecular formula is C23H27N3O2. The van der Waals surface area contributed by atoms with E-state index in [4.69, 9.17) is 4.74 Å². The normalized spacial score (nSPS) is 10.6. The van der Waals surface area contributed by atoms with Gasteiger partial charge in [-0.25, -0.2) is 0 Å². The van der Waals surface area contributed by atoms with Crippen molar-refractivity contribution in [2.45, 2.75) is 39.2 Å². The SMILES string of the molecule is CCOC(=O)CCCCc1ccn(Cc2cccc(Nc3ccccc3)c2)n1. The Hall–Kier alpha value is -3.08. The van der Waals surface area contributed by atoms with Gasteiger partial charge in [-0.05, 0) is 62.1 Å². The number of rotatable bonds is 10. The van der Waals surface area contributed by atoms with E-state index >= 15 is 0 Å². The summed E-state index contributed by atoms with van der Waals surface area (Å²) >= 11 is 0. The average molecular weight is 377 g/mol. The van der Waals surface area contributed by atoms with Crippen LogP contribution >= 0.6 is 0 Å². The number of hydrogen-bond acceptors (Lipinski definition) is 4. The van der Waals surface area contributed by atoms with Crippen molar-refractivity contribution >= 4 is 17.3 Å². The molecular weight excluding hydrogens is 350 g/mol. The minimum Gasteiger partial charge on any atom is -0.466 e. The number of hydrogen-bond donors (Lipinski definition) is 1. The van der Waals surface area contributed by atoms with Crippen LogP contribution in [-0.4, -0.2) is 22.4 Å². The van der Waals surface area contributed by atoms with E-state index in [0.29, 0.717) is 13.0 Å². The van der Waals surface area contributed by atoms with E-state index in [1.807, 2.05) is 48.1 Å². The predicted octanol–water partition coefficient (Wildman–Crippen LogP) is 4.95. The summed E-state index contributed by atoms with van der Waals surface area (Å²) in [6, 6.07) is 20.6. The fraction of sp³-hybridized carbons (Fsp3) is 0.304. The van der Waals surface area contributed by atoms with Crippen LogP contribution in [0.15, 0.2) is 66.9 Å². The summed E-state index contributed by atoms with van der Waals surface area (Å²) in [6.45, 7) is 3.01. The molecule has 0 saturated heterocycles. The molecule has 1 aromatic heterocycles. The van der Waals surface area contributed by atoms with Gasteiger partial charge >= 0.3 is 5.97 Å². The van der Waals surface area contributed by atoms with Gasteiger partial charge in [-0.3, -0.25) is 9.48 Å². The third-order valence-corrected chi connectivity index (χ3v) is 4.40. The van der Waals surface area contributed by atoms with E-state index in [-0.39, 0.29) is 5.97 Å². The predicted molar refractivity (Wildman–Crippen MR) is 112 cm³/mol. The molecule has 0 fully saturated rings. The summed E-state index contributed by atoms with van der Waals surface area (Å²) in [5.41, 5.74) is 4.39. The number of nitrogens with zero attached hydrogens (tertiary/aromatic N) is 2. The third kappa shape index (κ3) is 6.27. The lowest BCUT2D eigenvalue weighted by Crippen LogP contribution is -2.04. The van der Waals surface area contributed by atoms with Gasteiger partial charge in [-0.2, -0.15) is 5.10 Å². The maximum atomic E-state index is 11.4. The second-order valence-corrected chi connectivity index (χ2v) is 6.71. The number of aryl methyl sites for hydroxylation is 1. The Morgan fingerprint density at radius 3 is 2.68 bits per heavy atom. The van der Waals surface area contributed by atoms with Crippen LogP contribution in [0.5, 0.6) is 0 Å². The first-order valence-electron chi connectivity index (χ1n) is 9.82. The molecule has 146 valence electrons. The third-order valence-electron chi connectivity index (χ3n) is 4.40. The smallest absolute Gasteiger partial charge is 0.305 e. The number of aromatic nitrogens is 2. The number of nitrogens with one attached hydrogen (secondary N) is 1. The fourth-order valence-electron chi connectivity index (χ4n) is 3.06. The molecule has 0 atom stereocenters. The van der Waals surface area contributed by atoms with E-state index in [9.17, 15) is 4.79 Å². The van der Waals surface area contributed by atoms with E-state index in [0.717, 1.165) is 42.9 Å². The van der Waals surface area contributed by atoms with Crippen molar-refractivity contribution in [3.05, 3.63) is 78.1 Å². The molecule has 0 spiro atoms. The van der Waals surface area contributed by atoms with Gasteiger partial charge < -0.3 is 10.1 Å². The van der Waals surface area contributed by atoms with Crippen molar-refractivity contribution in [1.82, 2.24) is 9.78 Å². The number of carbonyl (C=O) groups is 1. The molecule has 0 aliphatic carbocycles. The number of unbranched alkanes of at least 4 members (excludes halogenated alkanes) is 1. The molecule has 0 aliphatic rings. The van der Waals surface area contributed by atoms with Crippen LogP contribution in [0.2, 0.25) is 0 Å².